The molecular weight excluding hydrogens is 524 g/mol. The summed E-state index contributed by atoms with van der Waals surface area (Å²) >= 11 is 0. The first kappa shape index (κ1) is 26.8. The summed E-state index contributed by atoms with van der Waals surface area (Å²) in [6.45, 7) is 3.54. The van der Waals surface area contributed by atoms with E-state index in [-0.39, 0.29) is 21.2 Å². The molecule has 0 spiro atoms. The lowest BCUT2D eigenvalue weighted by molar-refractivity contribution is -0.134. The summed E-state index contributed by atoms with van der Waals surface area (Å²) < 4.78 is 55.4. The van der Waals surface area contributed by atoms with E-state index in [1.807, 2.05) is 0 Å². The highest BCUT2D eigenvalue weighted by atomic mass is 32.2. The monoisotopic (exact) mass is 548 g/mol. The summed E-state index contributed by atoms with van der Waals surface area (Å²) in [4.78, 5) is 27.1. The van der Waals surface area contributed by atoms with E-state index in [1.165, 1.54) is 72.8 Å². The summed E-state index contributed by atoms with van der Waals surface area (Å²) in [6, 6.07) is 26.1. The van der Waals surface area contributed by atoms with Gasteiger partial charge in [-0.05, 0) is 62.4 Å². The van der Waals surface area contributed by atoms with Gasteiger partial charge in [-0.2, -0.15) is 8.61 Å². The Morgan fingerprint density at radius 2 is 0.763 bits per heavy atom. The quantitative estimate of drug-likeness (QED) is 0.330. The average molecular weight is 549 g/mol. The Kier molecular flexibility index (Phi) is 7.47. The van der Waals surface area contributed by atoms with Crippen molar-refractivity contribution in [3.63, 3.8) is 0 Å². The lowest BCUT2D eigenvalue weighted by Gasteiger charge is -2.26. The lowest BCUT2D eigenvalue weighted by atomic mass is 10.2. The highest BCUT2D eigenvalue weighted by molar-refractivity contribution is 7.94. The number of nitrogens with zero attached hydrogens (tertiary/aromatic N) is 2. The van der Waals surface area contributed by atoms with Crippen molar-refractivity contribution in [2.45, 2.75) is 23.6 Å². The highest BCUT2D eigenvalue weighted by Crippen LogP contribution is 2.28. The fourth-order valence-electron chi connectivity index (χ4n) is 3.66. The van der Waals surface area contributed by atoms with E-state index in [1.54, 1.807) is 50.2 Å². The molecule has 0 atom stereocenters. The number of benzene rings is 4. The number of sulfonamides is 2. The van der Waals surface area contributed by atoms with Gasteiger partial charge in [0.2, 0.25) is 0 Å². The third-order valence-corrected chi connectivity index (χ3v) is 9.10. The molecule has 2 amide bonds. The fraction of sp³-hybridized carbons (Fsp3) is 0.0714. The number of hydrogen-bond donors (Lipinski definition) is 0. The summed E-state index contributed by atoms with van der Waals surface area (Å²) in [6.07, 6.45) is 0. The summed E-state index contributed by atoms with van der Waals surface area (Å²) in [5.41, 5.74) is 1.34. The van der Waals surface area contributed by atoms with Crippen molar-refractivity contribution in [1.82, 2.24) is 0 Å². The van der Waals surface area contributed by atoms with Crippen LogP contribution in [0, 0.1) is 13.8 Å². The Morgan fingerprint density at radius 1 is 0.474 bits per heavy atom. The van der Waals surface area contributed by atoms with Crippen molar-refractivity contribution >= 4 is 43.2 Å². The number of aryl methyl sites for hydroxylation is 2. The third-order valence-electron chi connectivity index (χ3n) is 5.65. The van der Waals surface area contributed by atoms with Gasteiger partial charge in [-0.25, -0.2) is 16.8 Å². The van der Waals surface area contributed by atoms with Crippen LogP contribution < -0.4 is 8.61 Å². The van der Waals surface area contributed by atoms with Crippen LogP contribution in [0.1, 0.15) is 11.1 Å². The molecule has 0 saturated heterocycles. The van der Waals surface area contributed by atoms with Gasteiger partial charge in [0.1, 0.15) is 0 Å². The Hall–Kier alpha value is -4.28. The number of para-hydroxylation sites is 2. The van der Waals surface area contributed by atoms with E-state index < -0.39 is 31.9 Å². The zero-order valence-electron chi connectivity index (χ0n) is 20.6. The minimum Gasteiger partial charge on any atom is -0.262 e. The van der Waals surface area contributed by atoms with Crippen LogP contribution in [0.3, 0.4) is 0 Å². The van der Waals surface area contributed by atoms with Crippen molar-refractivity contribution in [2.24, 2.45) is 0 Å². The molecule has 0 aliphatic carbocycles. The molecule has 0 aromatic heterocycles. The summed E-state index contributed by atoms with van der Waals surface area (Å²) in [5.74, 6) is -3.12. The van der Waals surface area contributed by atoms with Crippen molar-refractivity contribution in [1.29, 1.82) is 0 Å². The first-order valence-electron chi connectivity index (χ1n) is 11.5. The van der Waals surface area contributed by atoms with Gasteiger partial charge in [0.05, 0.1) is 21.2 Å². The van der Waals surface area contributed by atoms with Crippen LogP contribution in [0.2, 0.25) is 0 Å². The Balaban J connectivity index is 1.88. The normalized spacial score (nSPS) is 11.5. The molecule has 0 N–H and O–H groups in total. The van der Waals surface area contributed by atoms with Crippen LogP contribution in [0.25, 0.3) is 0 Å². The Bertz CT molecular complexity index is 1540. The number of rotatable bonds is 6. The number of anilines is 2. The number of carbonyl (C=O) groups excluding carboxylic acids is 2. The van der Waals surface area contributed by atoms with E-state index in [2.05, 4.69) is 0 Å². The van der Waals surface area contributed by atoms with Crippen LogP contribution in [-0.4, -0.2) is 28.6 Å². The van der Waals surface area contributed by atoms with Crippen molar-refractivity contribution in [2.75, 3.05) is 8.61 Å². The molecule has 0 aliphatic rings. The van der Waals surface area contributed by atoms with Gasteiger partial charge in [-0.15, -0.1) is 0 Å². The smallest absolute Gasteiger partial charge is 0.262 e. The molecule has 0 saturated carbocycles. The molecule has 0 radical (unpaired) electrons. The van der Waals surface area contributed by atoms with Gasteiger partial charge >= 0.3 is 11.8 Å². The van der Waals surface area contributed by atoms with Crippen LogP contribution in [0.15, 0.2) is 119 Å². The summed E-state index contributed by atoms with van der Waals surface area (Å²) in [5, 5.41) is 0. The van der Waals surface area contributed by atoms with Crippen LogP contribution in [0.4, 0.5) is 11.4 Å². The number of amides is 2. The average Bonchev–Trinajstić information content (AvgIpc) is 2.90. The molecule has 0 bridgehead atoms. The molecule has 10 heteroatoms. The Morgan fingerprint density at radius 3 is 1.05 bits per heavy atom. The van der Waals surface area contributed by atoms with Gasteiger partial charge in [-0.1, -0.05) is 71.8 Å². The molecule has 0 heterocycles. The SMILES string of the molecule is Cc1ccc(S(=O)(=O)N(C(=O)C(=O)N(c2ccccc2)S(=O)(=O)c2ccc(C)cc2)c2ccccc2)cc1. The maximum absolute atomic E-state index is 13.8. The van der Waals surface area contributed by atoms with E-state index in [0.29, 0.717) is 8.61 Å². The zero-order valence-corrected chi connectivity index (χ0v) is 22.2. The van der Waals surface area contributed by atoms with Gasteiger partial charge in [0, 0.05) is 0 Å². The zero-order chi connectivity index (χ0) is 27.5. The standard InChI is InChI=1S/C28H24N2O6S2/c1-21-13-17-25(18-14-21)37(33,34)29(23-9-5-3-6-10-23)27(31)28(32)30(24-11-7-4-8-12-24)38(35,36)26-19-15-22(2)16-20-26/h3-20H,1-2H3. The molecule has 0 unspecified atom stereocenters. The molecule has 0 aliphatic heterocycles. The van der Waals surface area contributed by atoms with Gasteiger partial charge in [0.25, 0.3) is 20.0 Å². The lowest BCUT2D eigenvalue weighted by Crippen LogP contribution is -2.50. The van der Waals surface area contributed by atoms with Crippen LogP contribution in [0.5, 0.6) is 0 Å². The first-order chi connectivity index (χ1) is 18.0. The second-order valence-electron chi connectivity index (χ2n) is 8.45. The van der Waals surface area contributed by atoms with Crippen molar-refractivity contribution in [3.05, 3.63) is 120 Å². The van der Waals surface area contributed by atoms with Crippen LogP contribution >= 0.6 is 0 Å². The van der Waals surface area contributed by atoms with E-state index in [4.69, 9.17) is 0 Å². The van der Waals surface area contributed by atoms with Crippen molar-refractivity contribution in [3.8, 4) is 0 Å². The minimum atomic E-state index is -4.61. The topological polar surface area (TPSA) is 109 Å². The maximum atomic E-state index is 13.8. The van der Waals surface area contributed by atoms with E-state index in [9.17, 15) is 26.4 Å². The molecular formula is C28H24N2O6S2. The molecule has 4 rings (SSSR count). The maximum Gasteiger partial charge on any atom is 0.331 e. The second-order valence-corrected chi connectivity index (χ2v) is 12.0. The highest BCUT2D eigenvalue weighted by Gasteiger charge is 2.42. The predicted molar refractivity (Wildman–Crippen MR) is 145 cm³/mol. The van der Waals surface area contributed by atoms with Gasteiger partial charge in [0.15, 0.2) is 0 Å². The minimum absolute atomic E-state index is 0.118. The molecule has 0 fully saturated rings. The molecule has 8 nitrogen and oxygen atoms in total. The van der Waals surface area contributed by atoms with Crippen molar-refractivity contribution < 1.29 is 26.4 Å². The number of hydrogen-bond acceptors (Lipinski definition) is 6. The predicted octanol–water partition coefficient (Wildman–Crippen LogP) is 4.45. The Labute approximate surface area is 221 Å². The van der Waals surface area contributed by atoms with E-state index in [0.717, 1.165) is 11.1 Å². The molecule has 38 heavy (non-hydrogen) atoms. The molecule has 4 aromatic rings. The molecule has 4 aromatic carbocycles. The van der Waals surface area contributed by atoms with Gasteiger partial charge < -0.3 is 0 Å². The first-order valence-corrected chi connectivity index (χ1v) is 14.3. The van der Waals surface area contributed by atoms with E-state index >= 15 is 0 Å². The largest absolute Gasteiger partial charge is 0.331 e. The summed E-state index contributed by atoms with van der Waals surface area (Å²) in [7, 11) is -9.21. The second kappa shape index (κ2) is 10.6. The third kappa shape index (κ3) is 5.22. The number of carbonyl (C=O) groups is 2. The van der Waals surface area contributed by atoms with Crippen LogP contribution in [-0.2, 0) is 29.6 Å². The fourth-order valence-corrected chi connectivity index (χ4v) is 6.44. The van der Waals surface area contributed by atoms with Gasteiger partial charge in [-0.3, -0.25) is 9.59 Å². The molecule has 194 valence electrons.